The van der Waals surface area contributed by atoms with Crippen LogP contribution in [0.15, 0.2) is 6.07 Å². The summed E-state index contributed by atoms with van der Waals surface area (Å²) in [5.74, 6) is -0.479. The molecule has 0 aliphatic carbocycles. The quantitative estimate of drug-likeness (QED) is 0.393. The van der Waals surface area contributed by atoms with Crippen molar-refractivity contribution < 1.29 is 31.4 Å². The van der Waals surface area contributed by atoms with Gasteiger partial charge < -0.3 is 25.4 Å². The monoisotopic (exact) mass is 594 g/mol. The highest BCUT2D eigenvalue weighted by molar-refractivity contribution is 5.56. The minimum atomic E-state index is -4.80. The molecule has 13 heteroatoms. The van der Waals surface area contributed by atoms with E-state index in [-0.39, 0.29) is 49.0 Å². The van der Waals surface area contributed by atoms with Gasteiger partial charge in [-0.1, -0.05) is 0 Å². The Labute approximate surface area is 240 Å². The maximum atomic E-state index is 15.3. The zero-order valence-corrected chi connectivity index (χ0v) is 23.4. The van der Waals surface area contributed by atoms with Crippen molar-refractivity contribution in [2.24, 2.45) is 0 Å². The number of halogens is 5. The molecule has 2 aromatic rings. The Hall–Kier alpha value is -2.77. The highest BCUT2D eigenvalue weighted by atomic mass is 19.4. The molecular formula is C29H35F5N6O2. The number of rotatable bonds is 5. The molecule has 2 bridgehead atoms. The Morgan fingerprint density at radius 1 is 1.21 bits per heavy atom. The lowest BCUT2D eigenvalue weighted by Gasteiger charge is -2.39. The van der Waals surface area contributed by atoms with Crippen molar-refractivity contribution in [3.8, 4) is 6.01 Å². The summed E-state index contributed by atoms with van der Waals surface area (Å²) in [6, 6.07) is 1.50. The van der Waals surface area contributed by atoms with Crippen LogP contribution in [-0.2, 0) is 23.9 Å². The summed E-state index contributed by atoms with van der Waals surface area (Å²) < 4.78 is 84.4. The maximum absolute atomic E-state index is 15.3. The molecule has 5 aliphatic heterocycles. The molecule has 4 saturated heterocycles. The predicted molar refractivity (Wildman–Crippen MR) is 145 cm³/mol. The van der Waals surface area contributed by atoms with E-state index in [2.05, 4.69) is 20.1 Å². The van der Waals surface area contributed by atoms with Crippen LogP contribution >= 0.6 is 0 Å². The Bertz CT molecular complexity index is 1380. The number of hydrogen-bond acceptors (Lipinski definition) is 8. The summed E-state index contributed by atoms with van der Waals surface area (Å²) in [6.45, 7) is 4.18. The van der Waals surface area contributed by atoms with Gasteiger partial charge in [-0.05, 0) is 50.8 Å². The first-order valence-electron chi connectivity index (χ1n) is 14.7. The fourth-order valence-corrected chi connectivity index (χ4v) is 7.99. The van der Waals surface area contributed by atoms with Crippen molar-refractivity contribution in [3.05, 3.63) is 39.8 Å². The number of nitrogen functional groups attached to an aromatic ring is 1. The molecule has 0 spiro atoms. The van der Waals surface area contributed by atoms with Crippen LogP contribution in [0.4, 0.5) is 33.5 Å². The maximum Gasteiger partial charge on any atom is 0.417 e. The zero-order chi connectivity index (χ0) is 29.4. The van der Waals surface area contributed by atoms with Crippen LogP contribution in [0.5, 0.6) is 6.01 Å². The van der Waals surface area contributed by atoms with E-state index in [0.29, 0.717) is 30.0 Å². The average Bonchev–Trinajstić information content (AvgIpc) is 3.54. The van der Waals surface area contributed by atoms with Crippen LogP contribution < -0.4 is 20.7 Å². The molecule has 0 radical (unpaired) electrons. The Morgan fingerprint density at radius 2 is 1.98 bits per heavy atom. The molecule has 228 valence electrons. The third kappa shape index (κ3) is 4.59. The molecule has 8 nitrogen and oxygen atoms in total. The van der Waals surface area contributed by atoms with Crippen molar-refractivity contribution in [1.82, 2.24) is 20.2 Å². The smallest absolute Gasteiger partial charge is 0.417 e. The Balaban J connectivity index is 1.27. The number of aryl methyl sites for hydroxylation is 1. The van der Waals surface area contributed by atoms with Crippen LogP contribution in [0.25, 0.3) is 0 Å². The van der Waals surface area contributed by atoms with Gasteiger partial charge in [0.25, 0.3) is 0 Å². The molecule has 1 aromatic carbocycles. The first-order chi connectivity index (χ1) is 20.0. The number of nitrogens with one attached hydrogen (secondary N) is 1. The van der Waals surface area contributed by atoms with E-state index in [4.69, 9.17) is 20.2 Å². The first kappa shape index (κ1) is 28.0. The van der Waals surface area contributed by atoms with E-state index < -0.39 is 40.9 Å². The molecule has 42 heavy (non-hydrogen) atoms. The van der Waals surface area contributed by atoms with Crippen LogP contribution in [0.1, 0.15) is 66.2 Å². The second-order valence-corrected chi connectivity index (χ2v) is 12.5. The number of fused-ring (bicyclic) bond motifs is 4. The molecule has 7 rings (SSSR count). The molecule has 0 saturated carbocycles. The number of nitrogens with two attached hydrogens (primary N) is 1. The molecule has 4 fully saturated rings. The van der Waals surface area contributed by atoms with Gasteiger partial charge in [0.05, 0.1) is 35.2 Å². The lowest BCUT2D eigenvalue weighted by atomic mass is 9.91. The standard InChI is InChI=1S/C29H35F5N6O2/c1-15-7-20(35)25(31)23(24(15)29(32,33)34)22-8-21-19(13-41-22)26(40-17-3-4-18(40)11-36-10-17)38-27(37-21)42-14-28-5-2-6-39(28)12-16(30)9-28/h7,16-18,22,36H,2-6,8-14,35H2,1H3/t16-,17?,18?,22+,28+/m1/s1. The van der Waals surface area contributed by atoms with E-state index >= 15 is 4.39 Å². The van der Waals surface area contributed by atoms with Crippen LogP contribution in [0.2, 0.25) is 0 Å². The van der Waals surface area contributed by atoms with Crippen molar-refractivity contribution in [3.63, 3.8) is 0 Å². The van der Waals surface area contributed by atoms with Crippen molar-refractivity contribution in [2.75, 3.05) is 43.4 Å². The van der Waals surface area contributed by atoms with E-state index in [1.54, 1.807) is 0 Å². The summed E-state index contributed by atoms with van der Waals surface area (Å²) in [5, 5.41) is 3.45. The highest BCUT2D eigenvalue weighted by Gasteiger charge is 2.50. The second-order valence-electron chi connectivity index (χ2n) is 12.5. The summed E-state index contributed by atoms with van der Waals surface area (Å²) in [4.78, 5) is 13.9. The summed E-state index contributed by atoms with van der Waals surface area (Å²) >= 11 is 0. The number of alkyl halides is 4. The third-order valence-corrected chi connectivity index (χ3v) is 9.84. The van der Waals surface area contributed by atoms with Gasteiger partial charge in [-0.15, -0.1) is 0 Å². The van der Waals surface area contributed by atoms with Crippen molar-refractivity contribution in [1.29, 1.82) is 0 Å². The van der Waals surface area contributed by atoms with Gasteiger partial charge in [-0.2, -0.15) is 23.1 Å². The Kier molecular flexibility index (Phi) is 6.78. The SMILES string of the molecule is Cc1cc(N)c(F)c([C@@H]2Cc3nc(OC[C@@]45CCCN4C[C@H](F)C5)nc(N4C5CCC4CNC5)c3CO2)c1C(F)(F)F. The largest absolute Gasteiger partial charge is 0.461 e. The first-order valence-corrected chi connectivity index (χ1v) is 14.7. The predicted octanol–water partition coefficient (Wildman–Crippen LogP) is 4.23. The summed E-state index contributed by atoms with van der Waals surface area (Å²) in [7, 11) is 0. The number of piperazine rings is 1. The Morgan fingerprint density at radius 3 is 2.71 bits per heavy atom. The summed E-state index contributed by atoms with van der Waals surface area (Å²) in [5.41, 5.74) is 4.31. The molecule has 5 aliphatic rings. The molecule has 6 heterocycles. The number of ether oxygens (including phenoxy) is 2. The number of anilines is 2. The molecule has 1 aromatic heterocycles. The van der Waals surface area contributed by atoms with Gasteiger partial charge in [0, 0.05) is 55.7 Å². The second kappa shape index (κ2) is 10.2. The summed E-state index contributed by atoms with van der Waals surface area (Å²) in [6.07, 6.45) is -2.94. The number of aromatic nitrogens is 2. The number of benzene rings is 1. The highest BCUT2D eigenvalue weighted by Crippen LogP contribution is 2.46. The fourth-order valence-electron chi connectivity index (χ4n) is 7.99. The number of nitrogens with zero attached hydrogens (tertiary/aromatic N) is 4. The lowest BCUT2D eigenvalue weighted by molar-refractivity contribution is -0.140. The van der Waals surface area contributed by atoms with Crippen LogP contribution in [0.3, 0.4) is 0 Å². The topological polar surface area (TPSA) is 88.8 Å². The number of hydrogen-bond donors (Lipinski definition) is 2. The minimum absolute atomic E-state index is 0.0786. The van der Waals surface area contributed by atoms with Crippen LogP contribution in [-0.4, -0.2) is 71.4 Å². The van der Waals surface area contributed by atoms with Gasteiger partial charge in [0.1, 0.15) is 18.6 Å². The van der Waals surface area contributed by atoms with Gasteiger partial charge in [0.15, 0.2) is 5.82 Å². The van der Waals surface area contributed by atoms with Crippen LogP contribution in [0, 0.1) is 12.7 Å². The average molecular weight is 595 g/mol. The van der Waals surface area contributed by atoms with E-state index in [9.17, 15) is 17.6 Å². The van der Waals surface area contributed by atoms with E-state index in [1.807, 2.05) is 0 Å². The zero-order valence-electron chi connectivity index (χ0n) is 23.4. The van der Waals surface area contributed by atoms with Gasteiger partial charge >= 0.3 is 12.2 Å². The molecule has 2 unspecified atom stereocenters. The van der Waals surface area contributed by atoms with E-state index in [0.717, 1.165) is 51.4 Å². The van der Waals surface area contributed by atoms with Gasteiger partial charge in [0.2, 0.25) is 0 Å². The normalized spacial score (nSPS) is 31.0. The van der Waals surface area contributed by atoms with Crippen molar-refractivity contribution in [2.45, 2.75) is 88.1 Å². The molecule has 3 N–H and O–H groups in total. The molecular weight excluding hydrogens is 559 g/mol. The molecule has 5 atom stereocenters. The minimum Gasteiger partial charge on any atom is -0.461 e. The fraction of sp³-hybridized carbons (Fsp3) is 0.655. The van der Waals surface area contributed by atoms with Crippen molar-refractivity contribution >= 4 is 11.5 Å². The lowest BCUT2D eigenvalue weighted by Crippen LogP contribution is -2.52. The molecule has 0 amide bonds. The van der Waals surface area contributed by atoms with Gasteiger partial charge in [-0.25, -0.2) is 8.78 Å². The van der Waals surface area contributed by atoms with Gasteiger partial charge in [-0.3, -0.25) is 4.90 Å². The van der Waals surface area contributed by atoms with E-state index in [1.165, 1.54) is 6.92 Å². The third-order valence-electron chi connectivity index (χ3n) is 9.84.